The van der Waals surface area contributed by atoms with Crippen molar-refractivity contribution in [3.8, 4) is 0 Å². The monoisotopic (exact) mass is 242 g/mol. The number of ketones is 1. The number of hydrogen-bond donors (Lipinski definition) is 0. The van der Waals surface area contributed by atoms with Crippen molar-refractivity contribution < 1.29 is 9.32 Å². The van der Waals surface area contributed by atoms with Crippen LogP contribution in [0.3, 0.4) is 0 Å². The first-order chi connectivity index (χ1) is 7.37. The third-order valence-corrected chi connectivity index (χ3v) is 3.10. The van der Waals surface area contributed by atoms with Crippen molar-refractivity contribution in [1.29, 1.82) is 0 Å². The van der Waals surface area contributed by atoms with Crippen LogP contribution in [-0.2, 0) is 17.0 Å². The van der Waals surface area contributed by atoms with E-state index in [0.29, 0.717) is 24.6 Å². The van der Waals surface area contributed by atoms with Crippen molar-refractivity contribution in [3.63, 3.8) is 0 Å². The van der Waals surface area contributed by atoms with Gasteiger partial charge in [-0.05, 0) is 6.92 Å². The number of aryl methyl sites for hydroxylation is 1. The van der Waals surface area contributed by atoms with E-state index in [9.17, 15) is 4.79 Å². The van der Waals surface area contributed by atoms with Gasteiger partial charge in [-0.15, -0.1) is 11.8 Å². The highest BCUT2D eigenvalue weighted by atomic mass is 32.2. The van der Waals surface area contributed by atoms with Crippen molar-refractivity contribution in [2.75, 3.05) is 0 Å². The second-order valence-electron chi connectivity index (χ2n) is 4.71. The lowest BCUT2D eigenvalue weighted by atomic mass is 10.2. The average Bonchev–Trinajstić information content (AvgIpc) is 2.58. The molecule has 0 aliphatic rings. The molecular weight excluding hydrogens is 224 g/mol. The lowest BCUT2D eigenvalue weighted by Gasteiger charge is -2.15. The highest BCUT2D eigenvalue weighted by Gasteiger charge is 2.13. The quantitative estimate of drug-likeness (QED) is 0.794. The Bertz CT molecular complexity index is 355. The number of thioether (sulfide) groups is 1. The number of nitrogens with zero attached hydrogens (tertiary/aromatic N) is 2. The molecular formula is C11H18N2O2S. The van der Waals surface area contributed by atoms with Crippen molar-refractivity contribution in [2.24, 2.45) is 0 Å². The molecule has 0 fully saturated rings. The fraction of sp³-hybridized carbons (Fsp3) is 0.727. The molecule has 1 heterocycles. The second-order valence-corrected chi connectivity index (χ2v) is 6.51. The van der Waals surface area contributed by atoms with E-state index < -0.39 is 0 Å². The zero-order valence-corrected chi connectivity index (χ0v) is 11.1. The fourth-order valence-electron chi connectivity index (χ4n) is 1.01. The summed E-state index contributed by atoms with van der Waals surface area (Å²) in [5.41, 5.74) is 0. The van der Waals surface area contributed by atoms with Gasteiger partial charge in [0.1, 0.15) is 5.78 Å². The van der Waals surface area contributed by atoms with Gasteiger partial charge in [-0.2, -0.15) is 4.98 Å². The van der Waals surface area contributed by atoms with E-state index >= 15 is 0 Å². The maximum atomic E-state index is 10.8. The minimum absolute atomic E-state index is 0.142. The molecule has 0 amide bonds. The van der Waals surface area contributed by atoms with Crippen LogP contribution in [0.5, 0.6) is 0 Å². The van der Waals surface area contributed by atoms with E-state index in [4.69, 9.17) is 4.52 Å². The van der Waals surface area contributed by atoms with Crippen LogP contribution in [0.25, 0.3) is 0 Å². The largest absolute Gasteiger partial charge is 0.339 e. The van der Waals surface area contributed by atoms with Gasteiger partial charge in [0.05, 0.1) is 5.75 Å². The van der Waals surface area contributed by atoms with Crippen LogP contribution < -0.4 is 0 Å². The maximum absolute atomic E-state index is 10.8. The lowest BCUT2D eigenvalue weighted by Crippen LogP contribution is -2.07. The van der Waals surface area contributed by atoms with Gasteiger partial charge in [-0.3, -0.25) is 0 Å². The molecule has 0 N–H and O–H groups in total. The summed E-state index contributed by atoms with van der Waals surface area (Å²) in [6, 6.07) is 0. The van der Waals surface area contributed by atoms with Gasteiger partial charge in [0.15, 0.2) is 5.82 Å². The summed E-state index contributed by atoms with van der Waals surface area (Å²) in [5.74, 6) is 2.15. The van der Waals surface area contributed by atoms with Gasteiger partial charge in [-0.25, -0.2) is 0 Å². The van der Waals surface area contributed by atoms with Gasteiger partial charge < -0.3 is 9.32 Å². The molecule has 16 heavy (non-hydrogen) atoms. The van der Waals surface area contributed by atoms with E-state index in [-0.39, 0.29) is 10.5 Å². The second kappa shape index (κ2) is 5.48. The molecule has 1 aromatic heterocycles. The molecule has 0 aromatic carbocycles. The molecule has 0 aliphatic heterocycles. The van der Waals surface area contributed by atoms with Crippen molar-refractivity contribution in [2.45, 2.75) is 51.0 Å². The first-order valence-corrected chi connectivity index (χ1v) is 6.30. The van der Waals surface area contributed by atoms with Crippen molar-refractivity contribution in [1.82, 2.24) is 10.1 Å². The topological polar surface area (TPSA) is 56.0 Å². The van der Waals surface area contributed by atoms with Gasteiger partial charge in [0.2, 0.25) is 5.89 Å². The number of carbonyl (C=O) groups excluding carboxylic acids is 1. The Hall–Kier alpha value is -0.840. The number of hydrogen-bond acceptors (Lipinski definition) is 5. The minimum Gasteiger partial charge on any atom is -0.339 e. The van der Waals surface area contributed by atoms with Crippen molar-refractivity contribution in [3.05, 3.63) is 11.7 Å². The molecule has 0 bridgehead atoms. The Kier molecular flexibility index (Phi) is 4.53. The number of rotatable bonds is 5. The normalized spacial score (nSPS) is 11.8. The molecule has 0 aliphatic carbocycles. The number of Topliss-reactive ketones (excluding diaryl/α,β-unsaturated/α-hetero) is 1. The zero-order valence-electron chi connectivity index (χ0n) is 10.2. The van der Waals surface area contributed by atoms with Gasteiger partial charge in [0.25, 0.3) is 0 Å². The SMILES string of the molecule is CC(=O)CCc1nc(CSC(C)(C)C)no1. The summed E-state index contributed by atoms with van der Waals surface area (Å²) in [7, 11) is 0. The van der Waals surface area contributed by atoms with Gasteiger partial charge in [-0.1, -0.05) is 25.9 Å². The van der Waals surface area contributed by atoms with E-state index in [1.165, 1.54) is 0 Å². The number of aromatic nitrogens is 2. The Morgan fingerprint density at radius 3 is 2.69 bits per heavy atom. The zero-order chi connectivity index (χ0) is 12.2. The summed E-state index contributed by atoms with van der Waals surface area (Å²) in [5, 5.41) is 3.88. The fourth-order valence-corrected chi connectivity index (χ4v) is 1.69. The Balaban J connectivity index is 2.42. The third-order valence-electron chi connectivity index (χ3n) is 1.84. The standard InChI is InChI=1S/C11H18N2O2S/c1-8(14)5-6-10-12-9(13-15-10)7-16-11(2,3)4/h5-7H2,1-4H3. The van der Waals surface area contributed by atoms with E-state index in [0.717, 1.165) is 5.75 Å². The molecule has 1 aromatic rings. The van der Waals surface area contributed by atoms with Crippen LogP contribution in [-0.4, -0.2) is 20.7 Å². The Morgan fingerprint density at radius 1 is 1.44 bits per heavy atom. The van der Waals surface area contributed by atoms with Crippen LogP contribution in [0, 0.1) is 0 Å². The minimum atomic E-state index is 0.142. The van der Waals surface area contributed by atoms with Crippen LogP contribution in [0.2, 0.25) is 0 Å². The first kappa shape index (κ1) is 13.2. The molecule has 0 saturated heterocycles. The predicted octanol–water partition coefficient (Wildman–Crippen LogP) is 2.62. The molecule has 0 atom stereocenters. The predicted molar refractivity (Wildman–Crippen MR) is 64.3 cm³/mol. The van der Waals surface area contributed by atoms with E-state index in [1.807, 2.05) is 0 Å². The molecule has 90 valence electrons. The summed E-state index contributed by atoms with van der Waals surface area (Å²) in [4.78, 5) is 15.0. The Morgan fingerprint density at radius 2 is 2.12 bits per heavy atom. The lowest BCUT2D eigenvalue weighted by molar-refractivity contribution is -0.117. The van der Waals surface area contributed by atoms with E-state index in [2.05, 4.69) is 30.9 Å². The molecule has 5 heteroatoms. The summed E-state index contributed by atoms with van der Waals surface area (Å²) in [6.07, 6.45) is 1.01. The van der Waals surface area contributed by atoms with Crippen LogP contribution in [0.15, 0.2) is 4.52 Å². The van der Waals surface area contributed by atoms with Crippen LogP contribution in [0.4, 0.5) is 0 Å². The molecule has 0 unspecified atom stereocenters. The van der Waals surface area contributed by atoms with Gasteiger partial charge >= 0.3 is 0 Å². The van der Waals surface area contributed by atoms with Crippen LogP contribution >= 0.6 is 11.8 Å². The average molecular weight is 242 g/mol. The molecule has 4 nitrogen and oxygen atoms in total. The summed E-state index contributed by atoms with van der Waals surface area (Å²) < 4.78 is 5.25. The summed E-state index contributed by atoms with van der Waals surface area (Å²) >= 11 is 1.77. The molecule has 0 radical (unpaired) electrons. The smallest absolute Gasteiger partial charge is 0.227 e. The first-order valence-electron chi connectivity index (χ1n) is 5.32. The van der Waals surface area contributed by atoms with Crippen molar-refractivity contribution >= 4 is 17.5 Å². The van der Waals surface area contributed by atoms with Crippen LogP contribution in [0.1, 0.15) is 45.8 Å². The highest BCUT2D eigenvalue weighted by Crippen LogP contribution is 2.26. The highest BCUT2D eigenvalue weighted by molar-refractivity contribution is 7.99. The Labute approximate surface area is 100 Å². The summed E-state index contributed by atoms with van der Waals surface area (Å²) in [6.45, 7) is 8.00. The number of carbonyl (C=O) groups is 1. The molecule has 0 spiro atoms. The molecule has 1 rings (SSSR count). The maximum Gasteiger partial charge on any atom is 0.227 e. The van der Waals surface area contributed by atoms with E-state index in [1.54, 1.807) is 18.7 Å². The molecule has 0 saturated carbocycles. The van der Waals surface area contributed by atoms with Gasteiger partial charge in [0, 0.05) is 17.6 Å². The third kappa shape index (κ3) is 5.30.